The standard InChI is InChI=1S/C29H41F2N5O.C9H14N5O4P.C8H10FN3O3S/c1-19(2)27-34-33-20(3)36(27)25-17-23-9-10-24(18-25)35(23)16-13-26(21-7-5-4-6-8-21)32-28(37)22-11-14-29(30,31)15-12-22;1-6(18-5-19(15,16)17)2-14-4-13-7-8(10)11-3-12-9(7)14;9-4-1-12(8(14)11-7(4)10)5-3-16-6(2-13)15-5/h4-8,19,22-26H,9-18H2,1-3H3,(H,32,37);3-4,6H,2,5H2,1H3,(H2,10,11,12)(H2,15,16,17);1,5-6,13H,2-3H2,(H2,10,11,14)/t23-,24+,25?,26-;6-;5-,6+/m010/s1. The van der Waals surface area contributed by atoms with Crippen LogP contribution >= 0.6 is 19.4 Å². The molecule has 0 radical (unpaired) electrons. The van der Waals surface area contributed by atoms with Crippen molar-refractivity contribution in [2.24, 2.45) is 5.92 Å². The van der Waals surface area contributed by atoms with Crippen molar-refractivity contribution in [1.29, 1.82) is 0 Å². The third-order valence-electron chi connectivity index (χ3n) is 13.5. The predicted molar refractivity (Wildman–Crippen MR) is 263 cm³/mol. The van der Waals surface area contributed by atoms with E-state index in [0.717, 1.165) is 53.8 Å². The number of nitrogens with two attached hydrogens (primary N) is 2. The maximum atomic E-state index is 13.6. The van der Waals surface area contributed by atoms with Gasteiger partial charge in [0, 0.05) is 55.1 Å². The van der Waals surface area contributed by atoms with Gasteiger partial charge in [-0.2, -0.15) is 4.98 Å². The van der Waals surface area contributed by atoms with E-state index < -0.39 is 55.0 Å². The number of ether oxygens (including phenoxy) is 2. The van der Waals surface area contributed by atoms with E-state index in [2.05, 4.69) is 77.8 Å². The number of nitrogens with zero attached hydrogens (tertiary/aromatic N) is 10. The molecule has 9 rings (SSSR count). The van der Waals surface area contributed by atoms with Gasteiger partial charge in [-0.1, -0.05) is 44.2 Å². The summed E-state index contributed by atoms with van der Waals surface area (Å²) in [4.78, 5) is 59.9. The number of thioether (sulfide) groups is 1. The zero-order chi connectivity index (χ0) is 51.9. The summed E-state index contributed by atoms with van der Waals surface area (Å²) in [7, 11) is -4.16. The van der Waals surface area contributed by atoms with Gasteiger partial charge >= 0.3 is 13.3 Å². The van der Waals surface area contributed by atoms with Gasteiger partial charge in [-0.15, -0.1) is 22.0 Å². The fourth-order valence-electron chi connectivity index (χ4n) is 9.86. The van der Waals surface area contributed by atoms with Gasteiger partial charge in [0.25, 0.3) is 0 Å². The number of alkyl halides is 2. The van der Waals surface area contributed by atoms with Crippen LogP contribution in [0.4, 0.5) is 24.8 Å². The Hall–Kier alpha value is -5.01. The largest absolute Gasteiger partial charge is 0.393 e. The Morgan fingerprint density at radius 2 is 1.71 bits per heavy atom. The van der Waals surface area contributed by atoms with Crippen LogP contribution in [-0.2, 0) is 25.4 Å². The van der Waals surface area contributed by atoms with Crippen LogP contribution in [0.2, 0.25) is 0 Å². The van der Waals surface area contributed by atoms with Gasteiger partial charge in [0.1, 0.15) is 41.5 Å². The number of carbonyl (C=O) groups excluding carboxylic acids is 1. The summed E-state index contributed by atoms with van der Waals surface area (Å²) in [5.74, 6) is -1.02. The quantitative estimate of drug-likeness (QED) is 0.0711. The maximum absolute atomic E-state index is 13.6. The lowest BCUT2D eigenvalue weighted by Crippen LogP contribution is -2.45. The Bertz CT molecular complexity index is 2690. The predicted octanol–water partition coefficient (Wildman–Crippen LogP) is 5.44. The molecule has 394 valence electrons. The first-order valence-electron chi connectivity index (χ1n) is 24.1. The summed E-state index contributed by atoms with van der Waals surface area (Å²) >= 11 is 1.35. The molecular weight excluding hydrogens is 983 g/mol. The molecule has 1 saturated carbocycles. The van der Waals surface area contributed by atoms with E-state index in [4.69, 9.17) is 35.8 Å². The molecule has 1 aromatic carbocycles. The van der Waals surface area contributed by atoms with E-state index in [9.17, 15) is 27.3 Å². The molecule has 3 saturated heterocycles. The third kappa shape index (κ3) is 14.0. The molecule has 3 aliphatic heterocycles. The number of imidazole rings is 1. The van der Waals surface area contributed by atoms with Crippen molar-refractivity contribution in [1.82, 2.24) is 54.1 Å². The minimum Gasteiger partial charge on any atom is -0.393 e. The molecule has 1 aliphatic carbocycles. The lowest BCUT2D eigenvalue weighted by atomic mass is 9.86. The molecule has 26 heteroatoms. The van der Waals surface area contributed by atoms with Gasteiger partial charge in [0.2, 0.25) is 11.8 Å². The first-order valence-corrected chi connectivity index (χ1v) is 26.9. The second-order valence-electron chi connectivity index (χ2n) is 19.1. The Labute approximate surface area is 418 Å². The fourth-order valence-corrected chi connectivity index (χ4v) is 11.2. The summed E-state index contributed by atoms with van der Waals surface area (Å²) in [6.07, 6.45) is 7.79. The summed E-state index contributed by atoms with van der Waals surface area (Å²) in [6, 6.07) is 11.5. The summed E-state index contributed by atoms with van der Waals surface area (Å²) in [6.45, 7) is 9.25. The third-order valence-corrected chi connectivity index (χ3v) is 15.0. The van der Waals surface area contributed by atoms with Crippen LogP contribution < -0.4 is 22.5 Å². The Kier molecular flexibility index (Phi) is 18.2. The number of piperidine rings is 1. The number of rotatable bonds is 15. The van der Waals surface area contributed by atoms with Crippen LogP contribution in [-0.4, -0.2) is 124 Å². The normalized spacial score (nSPS) is 23.0. The van der Waals surface area contributed by atoms with E-state index >= 15 is 0 Å². The molecule has 7 atom stereocenters. The molecule has 21 nitrogen and oxygen atoms in total. The minimum atomic E-state index is -4.16. The molecule has 72 heavy (non-hydrogen) atoms. The smallest absolute Gasteiger partial charge is 0.351 e. The van der Waals surface area contributed by atoms with Gasteiger partial charge in [-0.25, -0.2) is 32.9 Å². The number of carbonyl (C=O) groups is 1. The van der Waals surface area contributed by atoms with Gasteiger partial charge in [-0.3, -0.25) is 18.8 Å². The first-order chi connectivity index (χ1) is 34.2. The molecule has 4 aromatic heterocycles. The number of benzene rings is 1. The van der Waals surface area contributed by atoms with Gasteiger partial charge in [0.15, 0.2) is 23.1 Å². The number of aromatic nitrogens is 9. The number of hydrogen-bond acceptors (Lipinski definition) is 16. The molecule has 8 N–H and O–H groups in total. The molecule has 0 spiro atoms. The monoisotopic (exact) mass is 1050 g/mol. The Balaban J connectivity index is 0.000000181. The fraction of sp³-hybridized carbons (Fsp3) is 0.609. The van der Waals surface area contributed by atoms with Crippen molar-refractivity contribution in [3.05, 3.63) is 82.7 Å². The van der Waals surface area contributed by atoms with Crippen molar-refractivity contribution in [3.8, 4) is 0 Å². The molecular formula is C46H65F3N13O8PS. The molecule has 1 amide bonds. The molecule has 5 aromatic rings. The van der Waals surface area contributed by atoms with Crippen molar-refractivity contribution in [2.75, 3.05) is 36.7 Å². The number of anilines is 2. The van der Waals surface area contributed by atoms with Gasteiger partial charge in [0.05, 0.1) is 37.8 Å². The van der Waals surface area contributed by atoms with Crippen molar-refractivity contribution >= 4 is 48.1 Å². The second kappa shape index (κ2) is 23.9. The number of aliphatic hydroxyl groups is 1. The second-order valence-corrected chi connectivity index (χ2v) is 21.8. The molecule has 4 fully saturated rings. The number of aryl methyl sites for hydroxylation is 1. The van der Waals surface area contributed by atoms with Crippen molar-refractivity contribution < 1.29 is 46.9 Å². The highest BCUT2D eigenvalue weighted by Crippen LogP contribution is 2.43. The van der Waals surface area contributed by atoms with E-state index in [1.54, 1.807) is 11.5 Å². The van der Waals surface area contributed by atoms with Gasteiger partial charge < -0.3 is 50.3 Å². The molecule has 2 bridgehead atoms. The first kappa shape index (κ1) is 54.8. The average Bonchev–Trinajstić information content (AvgIpc) is 4.14. The summed E-state index contributed by atoms with van der Waals surface area (Å²) in [5.41, 5.74) is 11.9. The summed E-state index contributed by atoms with van der Waals surface area (Å²) < 4.78 is 66.6. The van der Waals surface area contributed by atoms with Crippen LogP contribution in [0.1, 0.15) is 120 Å². The number of nitrogens with one attached hydrogen (secondary N) is 1. The molecule has 1 unspecified atom stereocenters. The summed E-state index contributed by atoms with van der Waals surface area (Å²) in [5, 5.41) is 21.0. The molecule has 7 heterocycles. The number of aliphatic hydroxyl groups excluding tert-OH is 1. The van der Waals surface area contributed by atoms with Crippen LogP contribution in [0.3, 0.4) is 0 Å². The Morgan fingerprint density at radius 3 is 2.35 bits per heavy atom. The van der Waals surface area contributed by atoms with Crippen molar-refractivity contribution in [3.63, 3.8) is 0 Å². The van der Waals surface area contributed by atoms with E-state index in [1.165, 1.54) is 37.3 Å². The average molecular weight is 1050 g/mol. The van der Waals surface area contributed by atoms with E-state index in [-0.39, 0.29) is 56.0 Å². The van der Waals surface area contributed by atoms with E-state index in [0.29, 0.717) is 47.5 Å². The topological polar surface area (TPSA) is 290 Å². The number of hydrogen-bond donors (Lipinski definition) is 6. The van der Waals surface area contributed by atoms with Crippen LogP contribution in [0.5, 0.6) is 0 Å². The molecule has 4 aliphatic rings. The highest BCUT2D eigenvalue weighted by atomic mass is 32.2. The van der Waals surface area contributed by atoms with E-state index in [1.807, 2.05) is 18.2 Å². The maximum Gasteiger partial charge on any atom is 0.351 e. The minimum absolute atomic E-state index is 0.0738. The zero-order valence-corrected chi connectivity index (χ0v) is 42.4. The number of nitrogen functional groups attached to an aromatic ring is 2. The SMILES string of the molecule is C[C@H](Cn1cnc2c(N)ncnc21)OCP(=O)(O)O.Cc1nnc(C(C)C)n1C1C[C@H]2CC[C@@H](C1)N2CC[C@H](NC(=O)C1CCC(F)(F)CC1)c1ccccc1.Nc1nc(=O)n([C@@H]2CS[C@H](CO)O2)cc1F. The van der Waals surface area contributed by atoms with Crippen LogP contribution in [0.15, 0.2) is 54.0 Å². The zero-order valence-electron chi connectivity index (χ0n) is 40.7. The lowest BCUT2D eigenvalue weighted by molar-refractivity contribution is -0.130. The highest BCUT2D eigenvalue weighted by molar-refractivity contribution is 8.00. The van der Waals surface area contributed by atoms with Gasteiger partial charge in [-0.05, 0) is 64.4 Å². The highest BCUT2D eigenvalue weighted by Gasteiger charge is 2.43. The van der Waals surface area contributed by atoms with Crippen LogP contribution in [0.25, 0.3) is 11.2 Å². The number of amides is 1. The van der Waals surface area contributed by atoms with Crippen molar-refractivity contribution in [2.45, 2.75) is 146 Å². The number of halogens is 3. The Morgan fingerprint density at radius 1 is 1.01 bits per heavy atom. The van der Waals surface area contributed by atoms with Crippen LogP contribution in [0, 0.1) is 18.7 Å². The number of fused-ring (bicyclic) bond motifs is 3. The lowest BCUT2D eigenvalue weighted by Gasteiger charge is -2.40.